The molecule has 0 unspecified atom stereocenters. The largest absolute Gasteiger partial charge is 0.459 e. The maximum Gasteiger partial charge on any atom is 0.416 e. The Labute approximate surface area is 156 Å². The molecule has 0 N–H and O–H groups in total. The monoisotopic (exact) mass is 408 g/mol. The van der Waals surface area contributed by atoms with E-state index in [0.29, 0.717) is 13.1 Å². The average Bonchev–Trinajstić information content (AvgIpc) is 2.53. The summed E-state index contributed by atoms with van der Waals surface area (Å²) >= 11 is 0. The predicted octanol–water partition coefficient (Wildman–Crippen LogP) is 2.35. The topological polar surface area (TPSA) is 66.9 Å². The summed E-state index contributed by atoms with van der Waals surface area (Å²) < 4.78 is 69.5. The molecule has 0 amide bonds. The molecule has 152 valence electrons. The molecule has 1 aliphatic heterocycles. The molecule has 0 bridgehead atoms. The van der Waals surface area contributed by atoms with Crippen LogP contribution >= 0.6 is 0 Å². The fourth-order valence-electron chi connectivity index (χ4n) is 2.65. The van der Waals surface area contributed by atoms with Gasteiger partial charge in [0.1, 0.15) is 5.60 Å². The van der Waals surface area contributed by atoms with E-state index in [1.807, 2.05) is 0 Å². The Morgan fingerprint density at radius 3 is 2.00 bits per heavy atom. The first-order valence-electron chi connectivity index (χ1n) is 8.41. The lowest BCUT2D eigenvalue weighted by Crippen LogP contribution is -2.50. The van der Waals surface area contributed by atoms with Crippen molar-refractivity contribution < 1.29 is 31.1 Å². The first kappa shape index (κ1) is 21.6. The Bertz CT molecular complexity index is 763. The minimum Gasteiger partial charge on any atom is -0.459 e. The van der Waals surface area contributed by atoms with Crippen molar-refractivity contribution in [3.05, 3.63) is 29.8 Å². The predicted molar refractivity (Wildman–Crippen MR) is 92.5 cm³/mol. The molecule has 6 nitrogen and oxygen atoms in total. The Morgan fingerprint density at radius 2 is 1.56 bits per heavy atom. The highest BCUT2D eigenvalue weighted by atomic mass is 32.2. The number of carbonyl (C=O) groups is 1. The lowest BCUT2D eigenvalue weighted by atomic mass is 10.2. The van der Waals surface area contributed by atoms with E-state index in [0.717, 1.165) is 24.3 Å². The lowest BCUT2D eigenvalue weighted by Gasteiger charge is -2.33. The summed E-state index contributed by atoms with van der Waals surface area (Å²) in [7, 11) is -3.88. The second kappa shape index (κ2) is 7.76. The van der Waals surface area contributed by atoms with Gasteiger partial charge in [0.05, 0.1) is 17.0 Å². The van der Waals surface area contributed by atoms with Crippen molar-refractivity contribution in [2.24, 2.45) is 0 Å². The molecule has 0 radical (unpaired) electrons. The second-order valence-corrected chi connectivity index (χ2v) is 9.23. The van der Waals surface area contributed by atoms with Crippen LogP contribution in [-0.4, -0.2) is 61.9 Å². The molecule has 1 aliphatic rings. The summed E-state index contributed by atoms with van der Waals surface area (Å²) in [6.07, 6.45) is -4.52. The number of ether oxygens (including phenoxy) is 1. The van der Waals surface area contributed by atoms with Crippen LogP contribution in [0.5, 0.6) is 0 Å². The minimum atomic E-state index is -4.52. The highest BCUT2D eigenvalue weighted by Crippen LogP contribution is 2.30. The van der Waals surface area contributed by atoms with Crippen LogP contribution < -0.4 is 0 Å². The molecule has 10 heteroatoms. The van der Waals surface area contributed by atoms with Crippen LogP contribution in [0.1, 0.15) is 26.3 Å². The third-order valence-electron chi connectivity index (χ3n) is 3.92. The van der Waals surface area contributed by atoms with Gasteiger partial charge in [-0.2, -0.15) is 17.5 Å². The summed E-state index contributed by atoms with van der Waals surface area (Å²) in [4.78, 5) is 13.5. The summed E-state index contributed by atoms with van der Waals surface area (Å²) in [6.45, 7) is 6.31. The van der Waals surface area contributed by atoms with Crippen molar-refractivity contribution in [1.82, 2.24) is 9.21 Å². The molecule has 0 aliphatic carbocycles. The Balaban J connectivity index is 1.97. The standard InChI is InChI=1S/C17H23F3N2O4S/c1-16(2,3)26-15(23)12-21-8-10-22(11-9-21)27(24,25)14-6-4-13(5-7-14)17(18,19)20/h4-7H,8-12H2,1-3H3. The van der Waals surface area contributed by atoms with Crippen LogP contribution in [0, 0.1) is 0 Å². The molecule has 0 aromatic heterocycles. The fourth-order valence-corrected chi connectivity index (χ4v) is 4.07. The fraction of sp³-hybridized carbons (Fsp3) is 0.588. The van der Waals surface area contributed by atoms with Gasteiger partial charge < -0.3 is 4.74 Å². The van der Waals surface area contributed by atoms with Crippen molar-refractivity contribution in [2.45, 2.75) is 37.4 Å². The number of hydrogen-bond acceptors (Lipinski definition) is 5. The third-order valence-corrected chi connectivity index (χ3v) is 5.84. The molecule has 1 heterocycles. The number of alkyl halides is 3. The van der Waals surface area contributed by atoms with Crippen LogP contribution in [0.3, 0.4) is 0 Å². The van der Waals surface area contributed by atoms with Crippen molar-refractivity contribution in [3.63, 3.8) is 0 Å². The van der Waals surface area contributed by atoms with Crippen molar-refractivity contribution in [3.8, 4) is 0 Å². The van der Waals surface area contributed by atoms with Crippen LogP contribution in [0.25, 0.3) is 0 Å². The molecule has 0 saturated carbocycles. The second-order valence-electron chi connectivity index (χ2n) is 7.29. The maximum atomic E-state index is 12.6. The number of rotatable bonds is 4. The number of piperazine rings is 1. The average molecular weight is 408 g/mol. The molecule has 27 heavy (non-hydrogen) atoms. The third kappa shape index (κ3) is 5.91. The lowest BCUT2D eigenvalue weighted by molar-refractivity contribution is -0.156. The molecule has 1 aromatic rings. The number of benzene rings is 1. The smallest absolute Gasteiger partial charge is 0.416 e. The number of halogens is 3. The van der Waals surface area contributed by atoms with Gasteiger partial charge in [-0.3, -0.25) is 9.69 Å². The van der Waals surface area contributed by atoms with Crippen LogP contribution in [0.15, 0.2) is 29.2 Å². The van der Waals surface area contributed by atoms with E-state index < -0.39 is 27.4 Å². The number of esters is 1. The van der Waals surface area contributed by atoms with Crippen molar-refractivity contribution >= 4 is 16.0 Å². The molecule has 1 aromatic carbocycles. The Morgan fingerprint density at radius 1 is 1.04 bits per heavy atom. The van der Waals surface area contributed by atoms with Crippen LogP contribution in [0.2, 0.25) is 0 Å². The molecule has 0 spiro atoms. The quantitative estimate of drug-likeness (QED) is 0.716. The Hall–Kier alpha value is -1.65. The van der Waals surface area contributed by atoms with Crippen LogP contribution in [0.4, 0.5) is 13.2 Å². The molecular formula is C17H23F3N2O4S. The number of carbonyl (C=O) groups excluding carboxylic acids is 1. The normalized spacial score (nSPS) is 17.7. The molecular weight excluding hydrogens is 385 g/mol. The van der Waals surface area contributed by atoms with Crippen molar-refractivity contribution in [1.29, 1.82) is 0 Å². The summed E-state index contributed by atoms with van der Waals surface area (Å²) in [5.41, 5.74) is -1.49. The van der Waals surface area contributed by atoms with E-state index in [1.54, 1.807) is 25.7 Å². The SMILES string of the molecule is CC(C)(C)OC(=O)CN1CCN(S(=O)(=O)c2ccc(C(F)(F)F)cc2)CC1. The van der Waals surface area contributed by atoms with Gasteiger partial charge >= 0.3 is 12.1 Å². The van der Waals surface area contributed by atoms with E-state index >= 15 is 0 Å². The summed E-state index contributed by atoms with van der Waals surface area (Å²) in [5, 5.41) is 0. The number of nitrogens with zero attached hydrogens (tertiary/aromatic N) is 2. The zero-order chi connectivity index (χ0) is 20.5. The molecule has 2 rings (SSSR count). The minimum absolute atomic E-state index is 0.0609. The van der Waals surface area contributed by atoms with E-state index in [9.17, 15) is 26.4 Å². The van der Waals surface area contributed by atoms with Crippen molar-refractivity contribution in [2.75, 3.05) is 32.7 Å². The Kier molecular flexibility index (Phi) is 6.23. The van der Waals surface area contributed by atoms with Gasteiger partial charge in [-0.15, -0.1) is 0 Å². The van der Waals surface area contributed by atoms with E-state index in [-0.39, 0.29) is 30.5 Å². The van der Waals surface area contributed by atoms with Crippen LogP contribution in [-0.2, 0) is 25.7 Å². The number of sulfonamides is 1. The summed E-state index contributed by atoms with van der Waals surface area (Å²) in [5.74, 6) is -0.387. The zero-order valence-electron chi connectivity index (χ0n) is 15.4. The van der Waals surface area contributed by atoms with Gasteiger partial charge in [-0.05, 0) is 45.0 Å². The first-order valence-corrected chi connectivity index (χ1v) is 9.85. The van der Waals surface area contributed by atoms with Gasteiger partial charge in [-0.25, -0.2) is 8.42 Å². The van der Waals surface area contributed by atoms with E-state index in [4.69, 9.17) is 4.74 Å². The van der Waals surface area contributed by atoms with Gasteiger partial charge in [0.25, 0.3) is 0 Å². The van der Waals surface area contributed by atoms with E-state index in [1.165, 1.54) is 4.31 Å². The maximum absolute atomic E-state index is 12.6. The first-order chi connectivity index (χ1) is 12.3. The van der Waals surface area contributed by atoms with Gasteiger partial charge in [0, 0.05) is 26.2 Å². The number of hydrogen-bond donors (Lipinski definition) is 0. The highest BCUT2D eigenvalue weighted by molar-refractivity contribution is 7.89. The zero-order valence-corrected chi connectivity index (χ0v) is 16.2. The molecule has 0 atom stereocenters. The van der Waals surface area contributed by atoms with E-state index in [2.05, 4.69) is 0 Å². The van der Waals surface area contributed by atoms with Gasteiger partial charge in [0.15, 0.2) is 0 Å². The molecule has 1 fully saturated rings. The summed E-state index contributed by atoms with van der Waals surface area (Å²) in [6, 6.07) is 3.44. The molecule has 1 saturated heterocycles. The van der Waals surface area contributed by atoms with Gasteiger partial charge in [-0.1, -0.05) is 0 Å². The van der Waals surface area contributed by atoms with Gasteiger partial charge in [0.2, 0.25) is 10.0 Å². The highest BCUT2D eigenvalue weighted by Gasteiger charge is 2.33.